The summed E-state index contributed by atoms with van der Waals surface area (Å²) in [5.41, 5.74) is -0.933. The van der Waals surface area contributed by atoms with Crippen LogP contribution in [0.4, 0.5) is 4.79 Å². The van der Waals surface area contributed by atoms with Crippen molar-refractivity contribution in [3.05, 3.63) is 0 Å². The van der Waals surface area contributed by atoms with Gasteiger partial charge in [0.05, 0.1) is 5.33 Å². The van der Waals surface area contributed by atoms with Crippen molar-refractivity contribution >= 4 is 27.8 Å². The maximum Gasteiger partial charge on any atom is 0.407 e. The predicted molar refractivity (Wildman–Crippen MR) is 83.2 cm³/mol. The van der Waals surface area contributed by atoms with Gasteiger partial charge < -0.3 is 10.1 Å². The Labute approximate surface area is 130 Å². The molecule has 0 saturated heterocycles. The molecule has 1 amide bonds. The molecule has 0 atom stereocenters. The second-order valence-corrected chi connectivity index (χ2v) is 7.17. The fourth-order valence-electron chi connectivity index (χ4n) is 2.66. The Morgan fingerprint density at radius 3 is 2.15 bits per heavy atom. The highest BCUT2D eigenvalue weighted by Gasteiger charge is 2.38. The minimum atomic E-state index is -0.514. The largest absolute Gasteiger partial charge is 0.444 e. The standard InChI is InChI=1S/C15H26BrNO3/c1-14(2,3)20-13(19)17-11-15(12(18)10-16)8-6-4-5-7-9-15/h4-11H2,1-3H3,(H,17,19). The second-order valence-electron chi connectivity index (χ2n) is 6.61. The number of Topliss-reactive ketones (excluding diaryl/α,β-unsaturated/α-hetero) is 1. The smallest absolute Gasteiger partial charge is 0.407 e. The molecular formula is C15H26BrNO3. The topological polar surface area (TPSA) is 55.4 Å². The molecule has 1 fully saturated rings. The van der Waals surface area contributed by atoms with Crippen molar-refractivity contribution in [2.45, 2.75) is 64.9 Å². The molecule has 5 heteroatoms. The molecule has 0 aromatic heterocycles. The van der Waals surface area contributed by atoms with Crippen LogP contribution in [0.25, 0.3) is 0 Å². The Kier molecular flexibility index (Phi) is 6.49. The third kappa shape index (κ3) is 5.43. The average Bonchev–Trinajstić information content (AvgIpc) is 2.60. The van der Waals surface area contributed by atoms with Crippen LogP contribution in [0.2, 0.25) is 0 Å². The van der Waals surface area contributed by atoms with Crippen LogP contribution in [0, 0.1) is 5.41 Å². The summed E-state index contributed by atoms with van der Waals surface area (Å²) in [6, 6.07) is 0. The maximum absolute atomic E-state index is 12.3. The number of hydrogen-bond acceptors (Lipinski definition) is 3. The van der Waals surface area contributed by atoms with Crippen molar-refractivity contribution in [1.82, 2.24) is 5.32 Å². The zero-order chi connectivity index (χ0) is 15.2. The third-order valence-electron chi connectivity index (χ3n) is 3.74. The number of rotatable bonds is 4. The van der Waals surface area contributed by atoms with Crippen molar-refractivity contribution in [2.75, 3.05) is 11.9 Å². The summed E-state index contributed by atoms with van der Waals surface area (Å²) in [6.07, 6.45) is 5.71. The van der Waals surface area contributed by atoms with Gasteiger partial charge in [-0.1, -0.05) is 41.6 Å². The monoisotopic (exact) mass is 347 g/mol. The molecule has 20 heavy (non-hydrogen) atoms. The van der Waals surface area contributed by atoms with Gasteiger partial charge in [0.15, 0.2) is 5.78 Å². The van der Waals surface area contributed by atoms with E-state index in [1.807, 2.05) is 20.8 Å². The van der Waals surface area contributed by atoms with Crippen molar-refractivity contribution in [3.8, 4) is 0 Å². The lowest BCUT2D eigenvalue weighted by Gasteiger charge is -2.31. The molecule has 1 rings (SSSR count). The van der Waals surface area contributed by atoms with E-state index in [0.29, 0.717) is 11.9 Å². The van der Waals surface area contributed by atoms with Gasteiger partial charge in [-0.25, -0.2) is 4.79 Å². The average molecular weight is 348 g/mol. The lowest BCUT2D eigenvalue weighted by molar-refractivity contribution is -0.126. The SMILES string of the molecule is CC(C)(C)OC(=O)NCC1(C(=O)CBr)CCCCCC1. The molecule has 0 aliphatic heterocycles. The molecule has 0 radical (unpaired) electrons. The number of ketones is 1. The molecule has 0 aromatic rings. The van der Waals surface area contributed by atoms with Crippen LogP contribution in [-0.2, 0) is 9.53 Å². The minimum absolute atomic E-state index is 0.190. The fraction of sp³-hybridized carbons (Fsp3) is 0.867. The van der Waals surface area contributed by atoms with Crippen molar-refractivity contribution < 1.29 is 14.3 Å². The number of ether oxygens (including phenoxy) is 1. The normalized spacial score (nSPS) is 19.0. The van der Waals surface area contributed by atoms with Gasteiger partial charge in [-0.3, -0.25) is 4.79 Å². The van der Waals surface area contributed by atoms with E-state index < -0.39 is 17.1 Å². The van der Waals surface area contributed by atoms with Crippen LogP contribution < -0.4 is 5.32 Å². The molecule has 0 spiro atoms. The van der Waals surface area contributed by atoms with Crippen LogP contribution in [0.3, 0.4) is 0 Å². The first-order chi connectivity index (χ1) is 9.29. The maximum atomic E-state index is 12.3. The van der Waals surface area contributed by atoms with Crippen LogP contribution in [0.1, 0.15) is 59.3 Å². The number of amides is 1. The van der Waals surface area contributed by atoms with Gasteiger partial charge in [0.2, 0.25) is 0 Å². The summed E-state index contributed by atoms with van der Waals surface area (Å²) in [4.78, 5) is 24.1. The number of hydrogen-bond donors (Lipinski definition) is 1. The van der Waals surface area contributed by atoms with Gasteiger partial charge in [0.25, 0.3) is 0 Å². The van der Waals surface area contributed by atoms with Crippen LogP contribution in [0.15, 0.2) is 0 Å². The van der Waals surface area contributed by atoms with E-state index in [1.165, 1.54) is 12.8 Å². The lowest BCUT2D eigenvalue weighted by atomic mass is 9.77. The number of halogens is 1. The van der Waals surface area contributed by atoms with Crippen LogP contribution >= 0.6 is 15.9 Å². The summed E-state index contributed by atoms with van der Waals surface area (Å²) in [5.74, 6) is 0.190. The summed E-state index contributed by atoms with van der Waals surface area (Å²) in [6.45, 7) is 5.87. The fourth-order valence-corrected chi connectivity index (χ4v) is 3.25. The van der Waals surface area contributed by atoms with Gasteiger partial charge >= 0.3 is 6.09 Å². The number of alkyl carbamates (subject to hydrolysis) is 1. The molecule has 4 nitrogen and oxygen atoms in total. The lowest BCUT2D eigenvalue weighted by Crippen LogP contribution is -2.45. The van der Waals surface area contributed by atoms with Gasteiger partial charge in [-0.15, -0.1) is 0 Å². The highest BCUT2D eigenvalue weighted by molar-refractivity contribution is 9.09. The number of carbonyl (C=O) groups is 2. The zero-order valence-electron chi connectivity index (χ0n) is 12.8. The first-order valence-corrected chi connectivity index (χ1v) is 8.47. The number of alkyl halides is 1. The molecule has 1 N–H and O–H groups in total. The molecule has 1 aliphatic carbocycles. The Hall–Kier alpha value is -0.580. The molecule has 0 unspecified atom stereocenters. The molecule has 116 valence electrons. The van der Waals surface area contributed by atoms with Crippen LogP contribution in [0.5, 0.6) is 0 Å². The molecular weight excluding hydrogens is 322 g/mol. The van der Waals surface area contributed by atoms with E-state index in [4.69, 9.17) is 4.74 Å². The van der Waals surface area contributed by atoms with E-state index in [1.54, 1.807) is 0 Å². The summed E-state index contributed by atoms with van der Waals surface area (Å²) in [5, 5.41) is 3.14. The number of carbonyl (C=O) groups excluding carboxylic acids is 2. The zero-order valence-corrected chi connectivity index (χ0v) is 14.3. The molecule has 1 saturated carbocycles. The summed E-state index contributed by atoms with van der Waals surface area (Å²) < 4.78 is 5.25. The number of nitrogens with one attached hydrogen (secondary N) is 1. The van der Waals surface area contributed by atoms with E-state index >= 15 is 0 Å². The van der Waals surface area contributed by atoms with Gasteiger partial charge in [-0.05, 0) is 33.6 Å². The van der Waals surface area contributed by atoms with Gasteiger partial charge in [0, 0.05) is 12.0 Å². The highest BCUT2D eigenvalue weighted by Crippen LogP contribution is 2.36. The van der Waals surface area contributed by atoms with E-state index in [9.17, 15) is 9.59 Å². The third-order valence-corrected chi connectivity index (χ3v) is 4.25. The van der Waals surface area contributed by atoms with E-state index in [2.05, 4.69) is 21.2 Å². The van der Waals surface area contributed by atoms with Crippen LogP contribution in [-0.4, -0.2) is 29.4 Å². The Balaban J connectivity index is 2.66. The van der Waals surface area contributed by atoms with E-state index in [0.717, 1.165) is 25.7 Å². The molecule has 0 bridgehead atoms. The first kappa shape index (κ1) is 17.5. The van der Waals surface area contributed by atoms with Crippen molar-refractivity contribution in [2.24, 2.45) is 5.41 Å². The first-order valence-electron chi connectivity index (χ1n) is 7.35. The Bertz CT molecular complexity index is 342. The van der Waals surface area contributed by atoms with Crippen molar-refractivity contribution in [1.29, 1.82) is 0 Å². The molecule has 1 aliphatic rings. The van der Waals surface area contributed by atoms with Gasteiger partial charge in [0.1, 0.15) is 5.60 Å². The summed E-state index contributed by atoms with van der Waals surface area (Å²) >= 11 is 3.27. The molecule has 0 heterocycles. The van der Waals surface area contributed by atoms with Gasteiger partial charge in [-0.2, -0.15) is 0 Å². The highest BCUT2D eigenvalue weighted by atomic mass is 79.9. The minimum Gasteiger partial charge on any atom is -0.444 e. The predicted octanol–water partition coefficient (Wildman–Crippen LogP) is 3.82. The summed E-state index contributed by atoms with van der Waals surface area (Å²) in [7, 11) is 0. The second kappa shape index (κ2) is 7.43. The van der Waals surface area contributed by atoms with E-state index in [-0.39, 0.29) is 5.78 Å². The quantitative estimate of drug-likeness (QED) is 0.621. The Morgan fingerprint density at radius 2 is 1.70 bits per heavy atom. The molecule has 0 aromatic carbocycles. The van der Waals surface area contributed by atoms with Crippen molar-refractivity contribution in [3.63, 3.8) is 0 Å². The Morgan fingerprint density at radius 1 is 1.15 bits per heavy atom.